The summed E-state index contributed by atoms with van der Waals surface area (Å²) in [6, 6.07) is 10.2. The highest BCUT2D eigenvalue weighted by molar-refractivity contribution is 5.92. The van der Waals surface area contributed by atoms with Crippen LogP contribution in [0.15, 0.2) is 42.6 Å². The number of hydrogen-bond acceptors (Lipinski definition) is 2. The van der Waals surface area contributed by atoms with E-state index >= 15 is 0 Å². The van der Waals surface area contributed by atoms with Crippen LogP contribution in [0, 0.1) is 5.82 Å². The molecule has 2 aromatic rings. The van der Waals surface area contributed by atoms with Crippen LogP contribution in [0.2, 0.25) is 0 Å². The van der Waals surface area contributed by atoms with Crippen LogP contribution in [0.25, 0.3) is 0 Å². The predicted octanol–water partition coefficient (Wildman–Crippen LogP) is 2.13. The number of halogens is 1. The number of piperazine rings is 1. The lowest BCUT2D eigenvalue weighted by Crippen LogP contribution is -2.49. The molecule has 1 aliphatic rings. The number of carbonyl (C=O) groups is 1. The molecule has 0 bridgehead atoms. The third-order valence-corrected chi connectivity index (χ3v) is 3.92. The Bertz CT molecular complexity index is 627. The summed E-state index contributed by atoms with van der Waals surface area (Å²) in [7, 11) is 1.88. The lowest BCUT2D eigenvalue weighted by molar-refractivity contribution is 0.0737. The van der Waals surface area contributed by atoms with E-state index in [4.69, 9.17) is 0 Å². The van der Waals surface area contributed by atoms with Crippen LogP contribution in [0.3, 0.4) is 0 Å². The minimum absolute atomic E-state index is 0.0706. The summed E-state index contributed by atoms with van der Waals surface area (Å²) in [5, 5.41) is 0. The maximum absolute atomic E-state index is 12.9. The Labute approximate surface area is 123 Å². The molecule has 4 nitrogen and oxygen atoms in total. The Morgan fingerprint density at radius 1 is 1.05 bits per heavy atom. The third-order valence-electron chi connectivity index (χ3n) is 3.92. The lowest BCUT2D eigenvalue weighted by Gasteiger charge is -2.36. The van der Waals surface area contributed by atoms with Gasteiger partial charge in [-0.3, -0.25) is 4.79 Å². The van der Waals surface area contributed by atoms with Crippen LogP contribution in [-0.2, 0) is 7.05 Å². The average molecular weight is 287 g/mol. The number of nitrogens with zero attached hydrogens (tertiary/aromatic N) is 3. The van der Waals surface area contributed by atoms with Crippen molar-refractivity contribution >= 4 is 11.6 Å². The summed E-state index contributed by atoms with van der Waals surface area (Å²) in [6.07, 6.45) is 1.88. The van der Waals surface area contributed by atoms with Crippen molar-refractivity contribution in [1.82, 2.24) is 9.47 Å². The van der Waals surface area contributed by atoms with Crippen LogP contribution >= 0.6 is 0 Å². The van der Waals surface area contributed by atoms with Crippen molar-refractivity contribution in [3.05, 3.63) is 54.1 Å². The normalized spacial score (nSPS) is 15.3. The van der Waals surface area contributed by atoms with E-state index in [0.717, 1.165) is 18.8 Å². The quantitative estimate of drug-likeness (QED) is 0.846. The van der Waals surface area contributed by atoms with E-state index < -0.39 is 0 Å². The molecule has 2 heterocycles. The van der Waals surface area contributed by atoms with Gasteiger partial charge in [0.15, 0.2) is 0 Å². The van der Waals surface area contributed by atoms with Crippen LogP contribution in [0.1, 0.15) is 10.5 Å². The summed E-state index contributed by atoms with van der Waals surface area (Å²) in [6.45, 7) is 2.90. The summed E-state index contributed by atoms with van der Waals surface area (Å²) in [5.41, 5.74) is 1.72. The second kappa shape index (κ2) is 5.60. The van der Waals surface area contributed by atoms with E-state index in [1.807, 2.05) is 34.8 Å². The highest BCUT2D eigenvalue weighted by Gasteiger charge is 2.23. The van der Waals surface area contributed by atoms with Crippen LogP contribution < -0.4 is 4.90 Å². The maximum Gasteiger partial charge on any atom is 0.270 e. The zero-order valence-electron chi connectivity index (χ0n) is 12.0. The molecule has 1 aromatic carbocycles. The second-order valence-electron chi connectivity index (χ2n) is 5.26. The van der Waals surface area contributed by atoms with E-state index in [9.17, 15) is 9.18 Å². The number of aromatic nitrogens is 1. The van der Waals surface area contributed by atoms with Crippen molar-refractivity contribution in [3.8, 4) is 0 Å². The van der Waals surface area contributed by atoms with Gasteiger partial charge < -0.3 is 14.4 Å². The van der Waals surface area contributed by atoms with Gasteiger partial charge in [0, 0.05) is 45.1 Å². The molecule has 1 amide bonds. The molecule has 0 unspecified atom stereocenters. The number of anilines is 1. The molecule has 1 aliphatic heterocycles. The van der Waals surface area contributed by atoms with Gasteiger partial charge in [0.25, 0.3) is 5.91 Å². The molecule has 0 radical (unpaired) electrons. The highest BCUT2D eigenvalue weighted by Crippen LogP contribution is 2.17. The minimum atomic E-state index is -0.226. The standard InChI is InChI=1S/C16H18FN3O/c1-18-8-2-3-15(18)16(21)20-11-9-19(10-12-20)14-6-4-13(17)5-7-14/h2-8H,9-12H2,1H3. The molecule has 1 aromatic heterocycles. The lowest BCUT2D eigenvalue weighted by atomic mass is 10.2. The molecular formula is C16H18FN3O. The van der Waals surface area contributed by atoms with Gasteiger partial charge in [-0.25, -0.2) is 4.39 Å². The zero-order valence-corrected chi connectivity index (χ0v) is 12.0. The minimum Gasteiger partial charge on any atom is -0.368 e. The van der Waals surface area contributed by atoms with E-state index in [2.05, 4.69) is 4.90 Å². The summed E-state index contributed by atoms with van der Waals surface area (Å²) in [4.78, 5) is 16.5. The molecule has 5 heteroatoms. The molecule has 110 valence electrons. The van der Waals surface area contributed by atoms with Crippen molar-refractivity contribution in [2.45, 2.75) is 0 Å². The fourth-order valence-corrected chi connectivity index (χ4v) is 2.66. The molecule has 0 saturated carbocycles. The molecule has 0 atom stereocenters. The van der Waals surface area contributed by atoms with Crippen molar-refractivity contribution < 1.29 is 9.18 Å². The third kappa shape index (κ3) is 2.77. The van der Waals surface area contributed by atoms with Gasteiger partial charge >= 0.3 is 0 Å². The summed E-state index contributed by atoms with van der Waals surface area (Å²) in [5.74, 6) is -0.155. The van der Waals surface area contributed by atoms with E-state index in [-0.39, 0.29) is 11.7 Å². The van der Waals surface area contributed by atoms with E-state index in [0.29, 0.717) is 18.8 Å². The number of rotatable bonds is 2. The largest absolute Gasteiger partial charge is 0.368 e. The molecule has 0 spiro atoms. The molecule has 1 saturated heterocycles. The Balaban J connectivity index is 1.64. The van der Waals surface area contributed by atoms with Crippen LogP contribution in [-0.4, -0.2) is 41.6 Å². The first kappa shape index (κ1) is 13.7. The van der Waals surface area contributed by atoms with Crippen LogP contribution in [0.5, 0.6) is 0 Å². The number of amides is 1. The number of aryl methyl sites for hydroxylation is 1. The van der Waals surface area contributed by atoms with Gasteiger partial charge in [0.1, 0.15) is 11.5 Å². The number of benzene rings is 1. The van der Waals surface area contributed by atoms with Gasteiger partial charge in [-0.2, -0.15) is 0 Å². The molecule has 0 N–H and O–H groups in total. The Morgan fingerprint density at radius 3 is 2.29 bits per heavy atom. The van der Waals surface area contributed by atoms with Crippen molar-refractivity contribution in [2.24, 2.45) is 7.05 Å². The number of hydrogen-bond donors (Lipinski definition) is 0. The monoisotopic (exact) mass is 287 g/mol. The van der Waals surface area contributed by atoms with Gasteiger partial charge in [-0.05, 0) is 36.4 Å². The maximum atomic E-state index is 12.9. The first-order valence-corrected chi connectivity index (χ1v) is 7.06. The molecule has 0 aliphatic carbocycles. The van der Waals surface area contributed by atoms with E-state index in [1.54, 1.807) is 12.1 Å². The van der Waals surface area contributed by atoms with Crippen molar-refractivity contribution in [3.63, 3.8) is 0 Å². The van der Waals surface area contributed by atoms with E-state index in [1.165, 1.54) is 12.1 Å². The highest BCUT2D eigenvalue weighted by atomic mass is 19.1. The summed E-state index contributed by atoms with van der Waals surface area (Å²) >= 11 is 0. The molecule has 3 rings (SSSR count). The first-order valence-electron chi connectivity index (χ1n) is 7.06. The van der Waals surface area contributed by atoms with Crippen LogP contribution in [0.4, 0.5) is 10.1 Å². The van der Waals surface area contributed by atoms with Crippen molar-refractivity contribution in [2.75, 3.05) is 31.1 Å². The summed E-state index contributed by atoms with van der Waals surface area (Å²) < 4.78 is 14.8. The Hall–Kier alpha value is -2.30. The Morgan fingerprint density at radius 2 is 1.71 bits per heavy atom. The van der Waals surface area contributed by atoms with Gasteiger partial charge in [-0.1, -0.05) is 0 Å². The molecule has 1 fully saturated rings. The fourth-order valence-electron chi connectivity index (χ4n) is 2.66. The zero-order chi connectivity index (χ0) is 14.8. The second-order valence-corrected chi connectivity index (χ2v) is 5.26. The Kier molecular flexibility index (Phi) is 3.64. The average Bonchev–Trinajstić information content (AvgIpc) is 2.94. The fraction of sp³-hybridized carbons (Fsp3) is 0.312. The predicted molar refractivity (Wildman–Crippen MR) is 79.9 cm³/mol. The smallest absolute Gasteiger partial charge is 0.270 e. The SMILES string of the molecule is Cn1cccc1C(=O)N1CCN(c2ccc(F)cc2)CC1. The van der Waals surface area contributed by atoms with Gasteiger partial charge in [0.05, 0.1) is 0 Å². The van der Waals surface area contributed by atoms with Crippen molar-refractivity contribution in [1.29, 1.82) is 0 Å². The number of carbonyl (C=O) groups excluding carboxylic acids is 1. The first-order chi connectivity index (χ1) is 10.1. The molecular weight excluding hydrogens is 269 g/mol. The van der Waals surface area contributed by atoms with Gasteiger partial charge in [-0.15, -0.1) is 0 Å². The van der Waals surface area contributed by atoms with Gasteiger partial charge in [0.2, 0.25) is 0 Å². The molecule has 21 heavy (non-hydrogen) atoms. The topological polar surface area (TPSA) is 28.5 Å².